The zero-order valence-corrected chi connectivity index (χ0v) is 14.2. The molecule has 1 aromatic rings. The van der Waals surface area contributed by atoms with E-state index < -0.39 is 0 Å². The van der Waals surface area contributed by atoms with Crippen molar-refractivity contribution >= 4 is 21.8 Å². The van der Waals surface area contributed by atoms with Gasteiger partial charge < -0.3 is 19.9 Å². The van der Waals surface area contributed by atoms with E-state index in [1.165, 1.54) is 0 Å². The van der Waals surface area contributed by atoms with Crippen LogP contribution in [0.25, 0.3) is 0 Å². The van der Waals surface area contributed by atoms with Crippen molar-refractivity contribution < 1.29 is 19.4 Å². The smallest absolute Gasteiger partial charge is 0.257 e. The number of amides is 1. The van der Waals surface area contributed by atoms with Crippen LogP contribution in [-0.2, 0) is 11.4 Å². The monoisotopic (exact) mass is 359 g/mol. The van der Waals surface area contributed by atoms with Crippen molar-refractivity contribution in [2.24, 2.45) is 5.92 Å². The molecule has 6 heteroatoms. The number of aliphatic hydroxyl groups is 1. The summed E-state index contributed by atoms with van der Waals surface area (Å²) in [6.45, 7) is 6.83. The molecule has 0 radical (unpaired) electrons. The first-order valence-electron chi connectivity index (χ1n) is 6.93. The summed E-state index contributed by atoms with van der Waals surface area (Å²) in [6, 6.07) is 3.44. The first-order chi connectivity index (χ1) is 9.97. The van der Waals surface area contributed by atoms with Crippen LogP contribution in [-0.4, -0.2) is 30.8 Å². The minimum absolute atomic E-state index is 0.0795. The molecule has 0 aliphatic heterocycles. The number of hydrogen-bond acceptors (Lipinski definition) is 4. The Balaban J connectivity index is 2.75. The maximum absolute atomic E-state index is 11.7. The zero-order valence-electron chi connectivity index (χ0n) is 12.6. The van der Waals surface area contributed by atoms with E-state index in [1.807, 2.05) is 20.8 Å². The topological polar surface area (TPSA) is 67.8 Å². The molecule has 0 aliphatic rings. The number of rotatable bonds is 8. The summed E-state index contributed by atoms with van der Waals surface area (Å²) >= 11 is 3.37. The number of nitrogens with one attached hydrogen (secondary N) is 1. The molecule has 0 aromatic heterocycles. The van der Waals surface area contributed by atoms with Gasteiger partial charge in [-0.15, -0.1) is 0 Å². The maximum Gasteiger partial charge on any atom is 0.257 e. The van der Waals surface area contributed by atoms with E-state index in [0.717, 1.165) is 0 Å². The van der Waals surface area contributed by atoms with E-state index in [9.17, 15) is 9.90 Å². The predicted octanol–water partition coefficient (Wildman–Crippen LogP) is 2.49. The van der Waals surface area contributed by atoms with Crippen molar-refractivity contribution in [1.29, 1.82) is 0 Å². The van der Waals surface area contributed by atoms with Crippen LogP contribution in [0.1, 0.15) is 26.3 Å². The molecule has 0 fully saturated rings. The normalized spacial score (nSPS) is 10.6. The van der Waals surface area contributed by atoms with Crippen molar-refractivity contribution in [2.45, 2.75) is 27.4 Å². The van der Waals surface area contributed by atoms with E-state index in [1.54, 1.807) is 12.1 Å². The van der Waals surface area contributed by atoms with Crippen LogP contribution in [0.2, 0.25) is 0 Å². The summed E-state index contributed by atoms with van der Waals surface area (Å²) in [7, 11) is 0. The number of halogens is 1. The average Bonchev–Trinajstić information content (AvgIpc) is 2.44. The number of aliphatic hydroxyl groups excluding tert-OH is 1. The molecule has 0 atom stereocenters. The third-order valence-corrected chi connectivity index (χ3v) is 3.20. The third-order valence-electron chi connectivity index (χ3n) is 2.61. The van der Waals surface area contributed by atoms with Crippen molar-refractivity contribution in [2.75, 3.05) is 19.8 Å². The lowest BCUT2D eigenvalue weighted by molar-refractivity contribution is -0.123. The van der Waals surface area contributed by atoms with Gasteiger partial charge in [-0.1, -0.05) is 13.8 Å². The second-order valence-corrected chi connectivity index (χ2v) is 5.84. The molecule has 1 rings (SSSR count). The van der Waals surface area contributed by atoms with Gasteiger partial charge in [0.15, 0.2) is 18.1 Å². The SMILES string of the molecule is CCOc1cc(CO)cc(Br)c1OCC(=O)NCC(C)C. The van der Waals surface area contributed by atoms with Gasteiger partial charge in [-0.25, -0.2) is 0 Å². The standard InChI is InChI=1S/C15H22BrNO4/c1-4-20-13-6-11(8-18)5-12(16)15(13)21-9-14(19)17-7-10(2)3/h5-6,10,18H,4,7-9H2,1-3H3,(H,17,19). The van der Waals surface area contributed by atoms with Crippen molar-refractivity contribution in [3.8, 4) is 11.5 Å². The van der Waals surface area contributed by atoms with Gasteiger partial charge in [0, 0.05) is 6.54 Å². The van der Waals surface area contributed by atoms with Crippen molar-refractivity contribution in [3.05, 3.63) is 22.2 Å². The largest absolute Gasteiger partial charge is 0.490 e. The lowest BCUT2D eigenvalue weighted by atomic mass is 10.2. The molecule has 1 amide bonds. The maximum atomic E-state index is 11.7. The van der Waals surface area contributed by atoms with Gasteiger partial charge in [-0.3, -0.25) is 4.79 Å². The second kappa shape index (κ2) is 8.89. The summed E-state index contributed by atoms with van der Waals surface area (Å²) in [5.41, 5.74) is 0.710. The Bertz CT molecular complexity index is 477. The summed E-state index contributed by atoms with van der Waals surface area (Å²) in [5, 5.41) is 12.0. The molecule has 0 aliphatic carbocycles. The van der Waals surface area contributed by atoms with Crippen LogP contribution in [0.4, 0.5) is 0 Å². The van der Waals surface area contributed by atoms with Gasteiger partial charge in [0.25, 0.3) is 5.91 Å². The summed E-state index contributed by atoms with van der Waals surface area (Å²) < 4.78 is 11.7. The highest BCUT2D eigenvalue weighted by Gasteiger charge is 2.14. The molecule has 0 unspecified atom stereocenters. The fraction of sp³-hybridized carbons (Fsp3) is 0.533. The van der Waals surface area contributed by atoms with Gasteiger partial charge >= 0.3 is 0 Å². The van der Waals surface area contributed by atoms with Crippen LogP contribution >= 0.6 is 15.9 Å². The van der Waals surface area contributed by atoms with E-state index in [4.69, 9.17) is 9.47 Å². The Morgan fingerprint density at radius 3 is 2.67 bits per heavy atom. The van der Waals surface area contributed by atoms with Gasteiger partial charge in [0.2, 0.25) is 0 Å². The Kier molecular flexibility index (Phi) is 7.53. The van der Waals surface area contributed by atoms with E-state index in [-0.39, 0.29) is 19.1 Å². The third kappa shape index (κ3) is 5.93. The number of hydrogen-bond donors (Lipinski definition) is 2. The van der Waals surface area contributed by atoms with Crippen molar-refractivity contribution in [3.63, 3.8) is 0 Å². The molecule has 0 saturated heterocycles. The molecule has 118 valence electrons. The minimum atomic E-state index is -0.177. The highest BCUT2D eigenvalue weighted by atomic mass is 79.9. The van der Waals surface area contributed by atoms with E-state index in [0.29, 0.717) is 40.6 Å². The lowest BCUT2D eigenvalue weighted by Gasteiger charge is -2.15. The number of benzene rings is 1. The van der Waals surface area contributed by atoms with Crippen LogP contribution in [0.3, 0.4) is 0 Å². The first kappa shape index (κ1) is 17.8. The fourth-order valence-electron chi connectivity index (χ4n) is 1.62. The number of carbonyl (C=O) groups is 1. The predicted molar refractivity (Wildman–Crippen MR) is 84.6 cm³/mol. The molecule has 21 heavy (non-hydrogen) atoms. The first-order valence-corrected chi connectivity index (χ1v) is 7.72. The van der Waals surface area contributed by atoms with Gasteiger partial charge in [-0.2, -0.15) is 0 Å². The molecular weight excluding hydrogens is 338 g/mol. The summed E-state index contributed by atoms with van der Waals surface area (Å²) in [4.78, 5) is 11.7. The average molecular weight is 360 g/mol. The Labute approximate surface area is 133 Å². The summed E-state index contributed by atoms with van der Waals surface area (Å²) in [6.07, 6.45) is 0. The van der Waals surface area contributed by atoms with E-state index in [2.05, 4.69) is 21.2 Å². The van der Waals surface area contributed by atoms with Crippen LogP contribution < -0.4 is 14.8 Å². The van der Waals surface area contributed by atoms with Crippen LogP contribution in [0.15, 0.2) is 16.6 Å². The molecule has 0 heterocycles. The highest BCUT2D eigenvalue weighted by Crippen LogP contribution is 2.36. The van der Waals surface area contributed by atoms with Gasteiger partial charge in [0.1, 0.15) is 0 Å². The molecule has 5 nitrogen and oxygen atoms in total. The van der Waals surface area contributed by atoms with Gasteiger partial charge in [0.05, 0.1) is 17.7 Å². The molecule has 1 aromatic carbocycles. The van der Waals surface area contributed by atoms with E-state index >= 15 is 0 Å². The van der Waals surface area contributed by atoms with Crippen LogP contribution in [0, 0.1) is 5.92 Å². The quantitative estimate of drug-likeness (QED) is 0.748. The second-order valence-electron chi connectivity index (χ2n) is 4.98. The zero-order chi connectivity index (χ0) is 15.8. The van der Waals surface area contributed by atoms with Gasteiger partial charge in [-0.05, 0) is 46.5 Å². The molecule has 2 N–H and O–H groups in total. The minimum Gasteiger partial charge on any atom is -0.490 e. The fourth-order valence-corrected chi connectivity index (χ4v) is 2.23. The Morgan fingerprint density at radius 1 is 1.38 bits per heavy atom. The summed E-state index contributed by atoms with van der Waals surface area (Å²) in [5.74, 6) is 1.19. The molecular formula is C15H22BrNO4. The van der Waals surface area contributed by atoms with Crippen molar-refractivity contribution in [1.82, 2.24) is 5.32 Å². The molecule has 0 spiro atoms. The number of carbonyl (C=O) groups excluding carboxylic acids is 1. The Morgan fingerprint density at radius 2 is 2.10 bits per heavy atom. The number of ether oxygens (including phenoxy) is 2. The Hall–Kier alpha value is -1.27. The highest BCUT2D eigenvalue weighted by molar-refractivity contribution is 9.10. The van der Waals surface area contributed by atoms with Crippen LogP contribution in [0.5, 0.6) is 11.5 Å². The molecule has 0 bridgehead atoms. The molecule has 0 saturated carbocycles. The lowest BCUT2D eigenvalue weighted by Crippen LogP contribution is -2.31.